The van der Waals surface area contributed by atoms with Crippen LogP contribution in [0.1, 0.15) is 17.5 Å². The first kappa shape index (κ1) is 14.4. The van der Waals surface area contributed by atoms with Crippen molar-refractivity contribution in [3.8, 4) is 11.3 Å². The third kappa shape index (κ3) is 3.07. The molecule has 2 aromatic rings. The molecule has 21 heavy (non-hydrogen) atoms. The highest BCUT2D eigenvalue weighted by Crippen LogP contribution is 2.28. The second-order valence-electron chi connectivity index (χ2n) is 5.33. The zero-order chi connectivity index (χ0) is 14.8. The third-order valence-electron chi connectivity index (χ3n) is 3.71. The van der Waals surface area contributed by atoms with Gasteiger partial charge in [-0.15, -0.1) is 0 Å². The number of hydrogen-bond donors (Lipinski definition) is 0. The maximum absolute atomic E-state index is 6.30. The van der Waals surface area contributed by atoms with E-state index in [1.54, 1.807) is 0 Å². The highest BCUT2D eigenvalue weighted by atomic mass is 35.5. The molecule has 110 valence electrons. The highest BCUT2D eigenvalue weighted by Gasteiger charge is 2.24. The Hall–Kier alpha value is -1.49. The quantitative estimate of drug-likeness (QED) is 0.799. The Morgan fingerprint density at radius 3 is 2.71 bits per heavy atom. The van der Waals surface area contributed by atoms with Gasteiger partial charge in [0.25, 0.3) is 0 Å². The molecule has 0 bridgehead atoms. The number of rotatable bonds is 2. The van der Waals surface area contributed by atoms with E-state index in [0.717, 1.165) is 29.9 Å². The van der Waals surface area contributed by atoms with Crippen LogP contribution < -0.4 is 0 Å². The van der Waals surface area contributed by atoms with Crippen molar-refractivity contribution in [2.45, 2.75) is 13.0 Å². The van der Waals surface area contributed by atoms with E-state index >= 15 is 0 Å². The molecule has 1 fully saturated rings. The number of likely N-dealkylation sites (N-methyl/N-ethyl adjacent to an activating group) is 1. The van der Waals surface area contributed by atoms with Gasteiger partial charge in [0.2, 0.25) is 0 Å². The van der Waals surface area contributed by atoms with Crippen LogP contribution in [0.25, 0.3) is 11.3 Å². The summed E-state index contributed by atoms with van der Waals surface area (Å²) < 4.78 is 5.79. The molecule has 1 unspecified atom stereocenters. The molecule has 3 rings (SSSR count). The van der Waals surface area contributed by atoms with Gasteiger partial charge in [-0.2, -0.15) is 0 Å². The van der Waals surface area contributed by atoms with Crippen molar-refractivity contribution < 1.29 is 4.74 Å². The molecule has 1 aromatic heterocycles. The molecule has 1 atom stereocenters. The van der Waals surface area contributed by atoms with E-state index in [0.29, 0.717) is 17.6 Å². The fraction of sp³-hybridized carbons (Fsp3) is 0.375. The molecule has 0 radical (unpaired) electrons. The summed E-state index contributed by atoms with van der Waals surface area (Å²) >= 11 is 6.30. The Morgan fingerprint density at radius 1 is 1.24 bits per heavy atom. The zero-order valence-corrected chi connectivity index (χ0v) is 13.0. The predicted octanol–water partition coefficient (Wildman–Crippen LogP) is 3.11. The first-order valence-corrected chi connectivity index (χ1v) is 7.42. The van der Waals surface area contributed by atoms with Gasteiger partial charge in [0, 0.05) is 24.2 Å². The molecule has 0 amide bonds. The Kier molecular flexibility index (Phi) is 4.19. The topological polar surface area (TPSA) is 38.2 Å². The lowest BCUT2D eigenvalue weighted by Gasteiger charge is -2.29. The number of nitrogens with zero attached hydrogens (tertiary/aromatic N) is 3. The molecule has 1 saturated heterocycles. The summed E-state index contributed by atoms with van der Waals surface area (Å²) in [5.41, 5.74) is 2.82. The number of aromatic nitrogens is 2. The molecule has 5 heteroatoms. The summed E-state index contributed by atoms with van der Waals surface area (Å²) in [7, 11) is 2.07. The highest BCUT2D eigenvalue weighted by molar-refractivity contribution is 6.30. The van der Waals surface area contributed by atoms with E-state index in [-0.39, 0.29) is 6.10 Å². The van der Waals surface area contributed by atoms with E-state index < -0.39 is 0 Å². The molecule has 0 saturated carbocycles. The number of morpholine rings is 1. The summed E-state index contributed by atoms with van der Waals surface area (Å²) in [4.78, 5) is 11.3. The van der Waals surface area contributed by atoms with Crippen molar-refractivity contribution in [1.29, 1.82) is 0 Å². The number of halogens is 1. The van der Waals surface area contributed by atoms with Crippen LogP contribution in [-0.4, -0.2) is 41.6 Å². The first-order chi connectivity index (χ1) is 10.1. The third-order valence-corrected chi connectivity index (χ3v) is 4.08. The average molecular weight is 304 g/mol. The van der Waals surface area contributed by atoms with Crippen molar-refractivity contribution in [3.05, 3.63) is 46.9 Å². The smallest absolute Gasteiger partial charge is 0.160 e. The Balaban J connectivity index is 2.01. The second-order valence-corrected chi connectivity index (χ2v) is 5.69. The van der Waals surface area contributed by atoms with E-state index in [1.807, 2.05) is 37.3 Å². The number of benzene rings is 1. The van der Waals surface area contributed by atoms with Crippen molar-refractivity contribution in [2.24, 2.45) is 0 Å². The molecule has 4 nitrogen and oxygen atoms in total. The van der Waals surface area contributed by atoms with Gasteiger partial charge in [-0.3, -0.25) is 0 Å². The summed E-state index contributed by atoms with van der Waals surface area (Å²) in [5, 5.41) is 0.496. The van der Waals surface area contributed by atoms with Crippen molar-refractivity contribution in [2.75, 3.05) is 26.7 Å². The van der Waals surface area contributed by atoms with Gasteiger partial charge in [0.15, 0.2) is 5.82 Å². The van der Waals surface area contributed by atoms with Gasteiger partial charge >= 0.3 is 0 Å². The van der Waals surface area contributed by atoms with Crippen LogP contribution in [0.3, 0.4) is 0 Å². The molecular weight excluding hydrogens is 286 g/mol. The van der Waals surface area contributed by atoms with Crippen LogP contribution in [0.4, 0.5) is 0 Å². The molecule has 0 N–H and O–H groups in total. The van der Waals surface area contributed by atoms with Crippen molar-refractivity contribution in [3.63, 3.8) is 0 Å². The number of hydrogen-bond acceptors (Lipinski definition) is 4. The molecule has 0 aliphatic carbocycles. The van der Waals surface area contributed by atoms with Gasteiger partial charge in [-0.25, -0.2) is 9.97 Å². The lowest BCUT2D eigenvalue weighted by molar-refractivity contribution is -0.0254. The fourth-order valence-electron chi connectivity index (χ4n) is 2.46. The van der Waals surface area contributed by atoms with Gasteiger partial charge in [0.1, 0.15) is 11.3 Å². The second kappa shape index (κ2) is 6.10. The normalized spacial score (nSPS) is 19.7. The van der Waals surface area contributed by atoms with Gasteiger partial charge in [0.05, 0.1) is 12.3 Å². The van der Waals surface area contributed by atoms with Gasteiger partial charge in [-0.1, -0.05) is 41.9 Å². The Morgan fingerprint density at radius 2 is 2.00 bits per heavy atom. The fourth-order valence-corrected chi connectivity index (χ4v) is 2.64. The Bertz CT molecular complexity index is 633. The predicted molar refractivity (Wildman–Crippen MR) is 83.4 cm³/mol. The SMILES string of the molecule is Cc1c(Cl)nc(C2CN(C)CCO2)nc1-c1ccccc1. The van der Waals surface area contributed by atoms with Gasteiger partial charge in [-0.05, 0) is 14.0 Å². The van der Waals surface area contributed by atoms with E-state index in [2.05, 4.69) is 16.9 Å². The number of ether oxygens (including phenoxy) is 1. The summed E-state index contributed by atoms with van der Waals surface area (Å²) in [6.45, 7) is 4.36. The average Bonchev–Trinajstić information content (AvgIpc) is 2.51. The van der Waals surface area contributed by atoms with Crippen LogP contribution in [-0.2, 0) is 4.74 Å². The molecule has 1 aliphatic heterocycles. The summed E-state index contributed by atoms with van der Waals surface area (Å²) in [6, 6.07) is 10.0. The van der Waals surface area contributed by atoms with E-state index in [9.17, 15) is 0 Å². The minimum absolute atomic E-state index is 0.121. The Labute approximate surface area is 129 Å². The lowest BCUT2D eigenvalue weighted by atomic mass is 10.1. The van der Waals surface area contributed by atoms with Crippen LogP contribution in [0.15, 0.2) is 30.3 Å². The summed E-state index contributed by atoms with van der Waals surface area (Å²) in [5.74, 6) is 0.663. The zero-order valence-electron chi connectivity index (χ0n) is 12.2. The summed E-state index contributed by atoms with van der Waals surface area (Å²) in [6.07, 6.45) is -0.121. The minimum Gasteiger partial charge on any atom is -0.368 e. The van der Waals surface area contributed by atoms with Gasteiger partial charge < -0.3 is 9.64 Å². The molecule has 1 aliphatic rings. The molecule has 2 heterocycles. The van der Waals surface area contributed by atoms with Crippen LogP contribution in [0.2, 0.25) is 5.15 Å². The molecule has 1 aromatic carbocycles. The maximum Gasteiger partial charge on any atom is 0.160 e. The monoisotopic (exact) mass is 303 g/mol. The standard InChI is InChI=1S/C16H18ClN3O/c1-11-14(12-6-4-3-5-7-12)18-16(19-15(11)17)13-10-20(2)8-9-21-13/h3-7,13H,8-10H2,1-2H3. The molecular formula is C16H18ClN3O. The van der Waals surface area contributed by atoms with Crippen LogP contribution in [0, 0.1) is 6.92 Å². The molecule has 0 spiro atoms. The maximum atomic E-state index is 6.30. The van der Waals surface area contributed by atoms with Crippen LogP contribution in [0.5, 0.6) is 0 Å². The lowest BCUT2D eigenvalue weighted by Crippen LogP contribution is -2.36. The van der Waals surface area contributed by atoms with Crippen LogP contribution >= 0.6 is 11.6 Å². The first-order valence-electron chi connectivity index (χ1n) is 7.05. The minimum atomic E-state index is -0.121. The van der Waals surface area contributed by atoms with E-state index in [1.165, 1.54) is 0 Å². The van der Waals surface area contributed by atoms with E-state index in [4.69, 9.17) is 21.3 Å². The van der Waals surface area contributed by atoms with Crippen molar-refractivity contribution in [1.82, 2.24) is 14.9 Å². The van der Waals surface area contributed by atoms with Crippen molar-refractivity contribution >= 4 is 11.6 Å². The largest absolute Gasteiger partial charge is 0.368 e.